The van der Waals surface area contributed by atoms with Crippen molar-refractivity contribution in [1.82, 2.24) is 19.4 Å². The van der Waals surface area contributed by atoms with Crippen molar-refractivity contribution in [2.75, 3.05) is 7.11 Å². The fraction of sp³-hybridized carbons (Fsp3) is 0.276. The Morgan fingerprint density at radius 1 is 1.00 bits per heavy atom. The summed E-state index contributed by atoms with van der Waals surface area (Å²) in [7, 11) is 3.10. The van der Waals surface area contributed by atoms with Crippen LogP contribution in [0.15, 0.2) is 70.4 Å². The second kappa shape index (κ2) is 10.9. The minimum atomic E-state index is -0.625. The van der Waals surface area contributed by atoms with Crippen molar-refractivity contribution in [3.8, 4) is 5.75 Å². The fourth-order valence-electron chi connectivity index (χ4n) is 3.99. The maximum Gasteiger partial charge on any atom is 0.338 e. The first-order valence-electron chi connectivity index (χ1n) is 12.3. The maximum absolute atomic E-state index is 13.4. The van der Waals surface area contributed by atoms with Crippen molar-refractivity contribution in [3.63, 3.8) is 0 Å². The van der Waals surface area contributed by atoms with Gasteiger partial charge in [-0.2, -0.15) is 0 Å². The first kappa shape index (κ1) is 27.3. The Morgan fingerprint density at radius 2 is 1.72 bits per heavy atom. The molecule has 202 valence electrons. The van der Waals surface area contributed by atoms with Crippen LogP contribution in [0.4, 0.5) is 0 Å². The lowest BCUT2D eigenvalue weighted by molar-refractivity contribution is 0.00694. The van der Waals surface area contributed by atoms with Gasteiger partial charge in [-0.15, -0.1) is 0 Å². The summed E-state index contributed by atoms with van der Waals surface area (Å²) in [5, 5.41) is 2.97. The molecule has 2 heterocycles. The molecule has 10 nitrogen and oxygen atoms in total. The van der Waals surface area contributed by atoms with Gasteiger partial charge >= 0.3 is 11.7 Å². The van der Waals surface area contributed by atoms with E-state index < -0.39 is 28.7 Å². The summed E-state index contributed by atoms with van der Waals surface area (Å²) < 4.78 is 13.0. The molecule has 1 amide bonds. The van der Waals surface area contributed by atoms with E-state index in [2.05, 4.69) is 10.3 Å². The van der Waals surface area contributed by atoms with Gasteiger partial charge in [-0.3, -0.25) is 18.7 Å². The van der Waals surface area contributed by atoms with Gasteiger partial charge in [0, 0.05) is 13.6 Å². The summed E-state index contributed by atoms with van der Waals surface area (Å²) in [6, 6.07) is 15.2. The number of hydrogen-bond acceptors (Lipinski definition) is 7. The lowest BCUT2D eigenvalue weighted by atomic mass is 10.1. The Kier molecular flexibility index (Phi) is 7.66. The summed E-state index contributed by atoms with van der Waals surface area (Å²) in [5.74, 6) is -0.249. The number of aryl methyl sites for hydroxylation is 1. The number of hydrogen-bond donors (Lipinski definition) is 1. The van der Waals surface area contributed by atoms with Gasteiger partial charge in [0.15, 0.2) is 0 Å². The average Bonchev–Trinajstić information content (AvgIpc) is 2.92. The Hall–Kier alpha value is -4.73. The lowest BCUT2D eigenvalue weighted by Crippen LogP contribution is -2.39. The molecule has 2 aromatic heterocycles. The highest BCUT2D eigenvalue weighted by atomic mass is 16.6. The van der Waals surface area contributed by atoms with Crippen LogP contribution in [0, 0.1) is 0 Å². The first-order valence-corrected chi connectivity index (χ1v) is 12.3. The van der Waals surface area contributed by atoms with Crippen molar-refractivity contribution >= 4 is 22.8 Å². The number of amides is 1. The van der Waals surface area contributed by atoms with Crippen LogP contribution < -0.4 is 21.3 Å². The molecule has 0 bridgehead atoms. The second-order valence-corrected chi connectivity index (χ2v) is 10.1. The molecule has 0 aliphatic carbocycles. The quantitative estimate of drug-likeness (QED) is 0.365. The van der Waals surface area contributed by atoms with Crippen LogP contribution in [0.1, 0.15) is 52.7 Å². The molecule has 0 saturated heterocycles. The number of benzene rings is 2. The SMILES string of the molecule is COc1cccc(CNC(=O)c2cc3c(=O)n(Cc4ccc(C(=O)OC(C)(C)C)cc4)c(=O)n(C)c3cn2)c1. The number of esters is 1. The maximum atomic E-state index is 13.4. The van der Waals surface area contributed by atoms with Crippen molar-refractivity contribution in [2.24, 2.45) is 7.05 Å². The third kappa shape index (κ3) is 6.23. The van der Waals surface area contributed by atoms with E-state index in [4.69, 9.17) is 9.47 Å². The van der Waals surface area contributed by atoms with Crippen molar-refractivity contribution < 1.29 is 19.1 Å². The predicted octanol–water partition coefficient (Wildman–Crippen LogP) is 3.04. The first-order chi connectivity index (χ1) is 18.5. The number of nitrogens with zero attached hydrogens (tertiary/aromatic N) is 3. The molecule has 4 rings (SSSR count). The summed E-state index contributed by atoms with van der Waals surface area (Å²) in [6.45, 7) is 5.58. The molecule has 0 unspecified atom stereocenters. The van der Waals surface area contributed by atoms with Crippen LogP contribution in [0.5, 0.6) is 5.75 Å². The van der Waals surface area contributed by atoms with E-state index in [1.807, 2.05) is 18.2 Å². The Bertz CT molecular complexity index is 1660. The van der Waals surface area contributed by atoms with E-state index in [1.54, 1.807) is 58.2 Å². The molecule has 0 saturated carbocycles. The molecule has 0 radical (unpaired) electrons. The number of fused-ring (bicyclic) bond motifs is 1. The lowest BCUT2D eigenvalue weighted by Gasteiger charge is -2.19. The number of carbonyl (C=O) groups is 2. The highest BCUT2D eigenvalue weighted by molar-refractivity contribution is 5.95. The standard InChI is InChI=1S/C29H30N4O6/c1-29(2,3)39-27(36)20-11-9-18(10-12-20)17-33-26(35)22-14-23(30-16-24(22)32(4)28(33)37)25(34)31-15-19-7-6-8-21(13-19)38-5/h6-14,16H,15,17H2,1-5H3,(H,31,34). The van der Waals surface area contributed by atoms with E-state index in [0.29, 0.717) is 22.4 Å². The van der Waals surface area contributed by atoms with Gasteiger partial charge in [0.2, 0.25) is 0 Å². The third-order valence-electron chi connectivity index (χ3n) is 5.99. The molecule has 4 aromatic rings. The average molecular weight is 531 g/mol. The van der Waals surface area contributed by atoms with Gasteiger partial charge in [-0.1, -0.05) is 24.3 Å². The van der Waals surface area contributed by atoms with Gasteiger partial charge < -0.3 is 14.8 Å². The molecular formula is C29H30N4O6. The highest BCUT2D eigenvalue weighted by Crippen LogP contribution is 2.15. The number of ether oxygens (including phenoxy) is 2. The number of aromatic nitrogens is 3. The topological polar surface area (TPSA) is 122 Å². The van der Waals surface area contributed by atoms with Crippen molar-refractivity contribution in [1.29, 1.82) is 0 Å². The van der Waals surface area contributed by atoms with Crippen molar-refractivity contribution in [3.05, 3.63) is 104 Å². The van der Waals surface area contributed by atoms with Crippen LogP contribution in [-0.2, 0) is 24.9 Å². The summed E-state index contributed by atoms with van der Waals surface area (Å²) in [5.41, 5.74) is 0.509. The number of carbonyl (C=O) groups excluding carboxylic acids is 2. The minimum Gasteiger partial charge on any atom is -0.497 e. The minimum absolute atomic E-state index is 0.0181. The zero-order valence-corrected chi connectivity index (χ0v) is 22.5. The largest absolute Gasteiger partial charge is 0.497 e. The predicted molar refractivity (Wildman–Crippen MR) is 146 cm³/mol. The molecule has 0 aliphatic rings. The molecule has 1 N–H and O–H groups in total. The molecule has 10 heteroatoms. The van der Waals surface area contributed by atoms with Crippen LogP contribution in [-0.4, -0.2) is 38.7 Å². The zero-order valence-electron chi connectivity index (χ0n) is 22.5. The van der Waals surface area contributed by atoms with Gasteiger partial charge in [-0.05, 0) is 62.2 Å². The molecular weight excluding hydrogens is 500 g/mol. The highest BCUT2D eigenvalue weighted by Gasteiger charge is 2.19. The van der Waals surface area contributed by atoms with Gasteiger partial charge in [0.25, 0.3) is 11.5 Å². The van der Waals surface area contributed by atoms with Crippen LogP contribution in [0.25, 0.3) is 10.9 Å². The normalized spacial score (nSPS) is 11.3. The molecule has 0 spiro atoms. The fourth-order valence-corrected chi connectivity index (χ4v) is 3.99. The summed E-state index contributed by atoms with van der Waals surface area (Å²) >= 11 is 0. The number of nitrogens with one attached hydrogen (secondary N) is 1. The van der Waals surface area contributed by atoms with Gasteiger partial charge in [-0.25, -0.2) is 14.6 Å². The second-order valence-electron chi connectivity index (χ2n) is 10.1. The molecule has 0 atom stereocenters. The molecule has 39 heavy (non-hydrogen) atoms. The van der Waals surface area contributed by atoms with Crippen molar-refractivity contribution in [2.45, 2.75) is 39.5 Å². The summed E-state index contributed by atoms with van der Waals surface area (Å²) in [6.07, 6.45) is 1.35. The third-order valence-corrected chi connectivity index (χ3v) is 5.99. The smallest absolute Gasteiger partial charge is 0.338 e. The number of methoxy groups -OCH3 is 1. The van der Waals surface area contributed by atoms with Crippen LogP contribution >= 0.6 is 0 Å². The van der Waals surface area contributed by atoms with Gasteiger partial charge in [0.1, 0.15) is 17.0 Å². The Balaban J connectivity index is 1.59. The molecule has 0 fully saturated rings. The number of pyridine rings is 1. The van der Waals surface area contributed by atoms with E-state index >= 15 is 0 Å². The number of rotatable bonds is 7. The molecule has 2 aromatic carbocycles. The molecule has 0 aliphatic heterocycles. The Morgan fingerprint density at radius 3 is 2.38 bits per heavy atom. The van der Waals surface area contributed by atoms with Gasteiger partial charge in [0.05, 0.1) is 36.3 Å². The van der Waals surface area contributed by atoms with E-state index in [0.717, 1.165) is 10.1 Å². The summed E-state index contributed by atoms with van der Waals surface area (Å²) in [4.78, 5) is 55.6. The zero-order chi connectivity index (χ0) is 28.3. The Labute approximate surface area is 224 Å². The van der Waals surface area contributed by atoms with E-state index in [1.165, 1.54) is 23.9 Å². The van der Waals surface area contributed by atoms with E-state index in [9.17, 15) is 19.2 Å². The van der Waals surface area contributed by atoms with Crippen LogP contribution in [0.2, 0.25) is 0 Å². The van der Waals surface area contributed by atoms with E-state index in [-0.39, 0.29) is 24.2 Å². The van der Waals surface area contributed by atoms with Crippen LogP contribution in [0.3, 0.4) is 0 Å². The monoisotopic (exact) mass is 530 g/mol.